The van der Waals surface area contributed by atoms with Gasteiger partial charge in [-0.05, 0) is 37.1 Å². The summed E-state index contributed by atoms with van der Waals surface area (Å²) in [7, 11) is -2.35. The third kappa shape index (κ3) is 4.51. The van der Waals surface area contributed by atoms with Crippen LogP contribution in [0.5, 0.6) is 0 Å². The standard InChI is InChI=1S/C20H21ClN4O6S/c1-30-14-4-6-25(7-5-14)19-16(9-13(21)11-22-19)24-32(28,29)15-3-2-12-8-18(20(26)23-27)31-17(12)10-15/h2-3,8-11,14,24,27H,4-7H2,1H3,(H,23,26). The highest BCUT2D eigenvalue weighted by Crippen LogP contribution is 2.32. The molecule has 3 heterocycles. The van der Waals surface area contributed by atoms with Gasteiger partial charge >= 0.3 is 5.91 Å². The number of hydrogen-bond donors (Lipinski definition) is 3. The van der Waals surface area contributed by atoms with Gasteiger partial charge in [-0.3, -0.25) is 14.7 Å². The van der Waals surface area contributed by atoms with Crippen LogP contribution in [0.3, 0.4) is 0 Å². The smallest absolute Gasteiger partial charge is 0.310 e. The molecule has 0 bridgehead atoms. The summed E-state index contributed by atoms with van der Waals surface area (Å²) in [5.74, 6) is -0.505. The van der Waals surface area contributed by atoms with Crippen LogP contribution in [0.4, 0.5) is 11.5 Å². The van der Waals surface area contributed by atoms with E-state index in [1.165, 1.54) is 42.0 Å². The summed E-state index contributed by atoms with van der Waals surface area (Å²) in [6.45, 7) is 1.33. The number of ether oxygens (including phenoxy) is 1. The lowest BCUT2D eigenvalue weighted by molar-refractivity contribution is 0.0678. The molecule has 0 saturated carbocycles. The van der Waals surface area contributed by atoms with Gasteiger partial charge in [0.1, 0.15) is 5.58 Å². The number of nitrogens with one attached hydrogen (secondary N) is 2. The third-order valence-electron chi connectivity index (χ3n) is 5.28. The van der Waals surface area contributed by atoms with Crippen molar-refractivity contribution in [1.29, 1.82) is 0 Å². The third-order valence-corrected chi connectivity index (χ3v) is 6.85. The number of pyridine rings is 1. The van der Waals surface area contributed by atoms with Gasteiger partial charge in [-0.25, -0.2) is 18.9 Å². The summed E-state index contributed by atoms with van der Waals surface area (Å²) < 4.78 is 39.5. The van der Waals surface area contributed by atoms with E-state index in [1.807, 2.05) is 4.90 Å². The zero-order valence-corrected chi connectivity index (χ0v) is 18.6. The fraction of sp³-hybridized carbons (Fsp3) is 0.300. The van der Waals surface area contributed by atoms with Crippen LogP contribution < -0.4 is 15.1 Å². The maximum atomic E-state index is 13.1. The van der Waals surface area contributed by atoms with E-state index in [4.69, 9.17) is 26.0 Å². The average Bonchev–Trinajstić information content (AvgIpc) is 3.22. The average molecular weight is 481 g/mol. The Labute approximate surface area is 189 Å². The lowest BCUT2D eigenvalue weighted by Crippen LogP contribution is -2.37. The molecule has 0 atom stereocenters. The van der Waals surface area contributed by atoms with Gasteiger partial charge < -0.3 is 14.1 Å². The zero-order valence-electron chi connectivity index (χ0n) is 17.0. The minimum Gasteiger partial charge on any atom is -0.451 e. The van der Waals surface area contributed by atoms with E-state index in [-0.39, 0.29) is 28.0 Å². The van der Waals surface area contributed by atoms with Crippen molar-refractivity contribution in [3.05, 3.63) is 47.3 Å². The number of benzene rings is 1. The molecule has 0 radical (unpaired) electrons. The quantitative estimate of drug-likeness (QED) is 0.362. The number of carbonyl (C=O) groups is 1. The predicted octanol–water partition coefficient (Wildman–Crippen LogP) is 3.02. The SMILES string of the molecule is COC1CCN(c2ncc(Cl)cc2NS(=O)(=O)c2ccc3cc(C(=O)NO)oc3c2)CC1. The number of rotatable bonds is 6. The molecule has 1 saturated heterocycles. The van der Waals surface area contributed by atoms with Gasteiger partial charge in [-0.1, -0.05) is 11.6 Å². The first-order valence-electron chi connectivity index (χ1n) is 9.75. The number of piperidine rings is 1. The zero-order chi connectivity index (χ0) is 22.9. The van der Waals surface area contributed by atoms with Gasteiger partial charge in [0.2, 0.25) is 0 Å². The van der Waals surface area contributed by atoms with Crippen molar-refractivity contribution in [2.24, 2.45) is 0 Å². The van der Waals surface area contributed by atoms with E-state index >= 15 is 0 Å². The van der Waals surface area contributed by atoms with E-state index in [9.17, 15) is 13.2 Å². The highest BCUT2D eigenvalue weighted by molar-refractivity contribution is 7.92. The molecule has 0 unspecified atom stereocenters. The summed E-state index contributed by atoms with van der Waals surface area (Å²) in [6.07, 6.45) is 3.23. The van der Waals surface area contributed by atoms with Crippen molar-refractivity contribution >= 4 is 50.0 Å². The second-order valence-corrected chi connectivity index (χ2v) is 9.42. The number of furan rings is 1. The highest BCUT2D eigenvalue weighted by Gasteiger charge is 2.25. The Morgan fingerprint density at radius 3 is 2.72 bits per heavy atom. The minimum absolute atomic E-state index is 0.0701. The van der Waals surface area contributed by atoms with Crippen molar-refractivity contribution in [3.63, 3.8) is 0 Å². The van der Waals surface area contributed by atoms with E-state index < -0.39 is 15.9 Å². The molecular formula is C20H21ClN4O6S. The van der Waals surface area contributed by atoms with E-state index in [0.29, 0.717) is 29.3 Å². The van der Waals surface area contributed by atoms with Crippen LogP contribution in [0, 0.1) is 0 Å². The van der Waals surface area contributed by atoms with Crippen molar-refractivity contribution < 1.29 is 27.6 Å². The Bertz CT molecular complexity index is 1250. The first-order chi connectivity index (χ1) is 15.3. The summed E-state index contributed by atoms with van der Waals surface area (Å²) in [5, 5.41) is 9.55. The van der Waals surface area contributed by atoms with Crippen LogP contribution in [-0.4, -0.2) is 50.8 Å². The molecule has 10 nitrogen and oxygen atoms in total. The molecule has 1 aromatic carbocycles. The number of nitrogens with zero attached hydrogens (tertiary/aromatic N) is 2. The highest BCUT2D eigenvalue weighted by atomic mass is 35.5. The Kier molecular flexibility index (Phi) is 6.24. The van der Waals surface area contributed by atoms with Crippen molar-refractivity contribution in [3.8, 4) is 0 Å². The molecule has 170 valence electrons. The van der Waals surface area contributed by atoms with Gasteiger partial charge in [-0.15, -0.1) is 0 Å². The lowest BCUT2D eigenvalue weighted by atomic mass is 10.1. The van der Waals surface area contributed by atoms with Crippen LogP contribution in [-0.2, 0) is 14.8 Å². The Morgan fingerprint density at radius 1 is 1.28 bits per heavy atom. The van der Waals surface area contributed by atoms with Crippen molar-refractivity contribution in [2.45, 2.75) is 23.8 Å². The molecule has 4 rings (SSSR count). The maximum Gasteiger partial charge on any atom is 0.310 e. The lowest BCUT2D eigenvalue weighted by Gasteiger charge is -2.33. The molecule has 1 aliphatic rings. The summed E-state index contributed by atoms with van der Waals surface area (Å²) in [4.78, 5) is 17.8. The second-order valence-electron chi connectivity index (χ2n) is 7.30. The van der Waals surface area contributed by atoms with Crippen LogP contribution in [0.15, 0.2) is 45.8 Å². The predicted molar refractivity (Wildman–Crippen MR) is 118 cm³/mol. The topological polar surface area (TPSA) is 134 Å². The molecule has 32 heavy (non-hydrogen) atoms. The largest absolute Gasteiger partial charge is 0.451 e. The second kappa shape index (κ2) is 8.94. The van der Waals surface area contributed by atoms with Crippen LogP contribution in [0.1, 0.15) is 23.4 Å². The molecule has 1 fully saturated rings. The molecule has 2 aromatic heterocycles. The first-order valence-corrected chi connectivity index (χ1v) is 11.6. The van der Waals surface area contributed by atoms with E-state index in [2.05, 4.69) is 9.71 Å². The van der Waals surface area contributed by atoms with Crippen LogP contribution >= 0.6 is 11.6 Å². The maximum absolute atomic E-state index is 13.1. The summed E-state index contributed by atoms with van der Waals surface area (Å²) >= 11 is 6.09. The number of fused-ring (bicyclic) bond motifs is 1. The minimum atomic E-state index is -4.02. The number of hydroxylamine groups is 1. The number of halogens is 1. The first kappa shape index (κ1) is 22.3. The summed E-state index contributed by atoms with van der Waals surface area (Å²) in [5.41, 5.74) is 1.91. The molecule has 3 aromatic rings. The normalized spacial score (nSPS) is 15.2. The van der Waals surface area contributed by atoms with Gasteiger partial charge in [0.05, 0.1) is 21.7 Å². The number of amides is 1. The fourth-order valence-electron chi connectivity index (χ4n) is 3.61. The number of aromatic nitrogens is 1. The fourth-order valence-corrected chi connectivity index (χ4v) is 4.84. The van der Waals surface area contributed by atoms with Crippen molar-refractivity contribution in [1.82, 2.24) is 10.5 Å². The Balaban J connectivity index is 1.63. The summed E-state index contributed by atoms with van der Waals surface area (Å²) in [6, 6.07) is 7.11. The molecule has 0 aliphatic carbocycles. The number of anilines is 2. The number of methoxy groups -OCH3 is 1. The van der Waals surface area contributed by atoms with Gasteiger partial charge in [-0.2, -0.15) is 0 Å². The van der Waals surface area contributed by atoms with Crippen LogP contribution in [0.2, 0.25) is 5.02 Å². The monoisotopic (exact) mass is 480 g/mol. The molecule has 12 heteroatoms. The van der Waals surface area contributed by atoms with Gasteiger partial charge in [0.15, 0.2) is 11.6 Å². The Hall–Kier alpha value is -2.86. The molecule has 0 spiro atoms. The molecule has 1 amide bonds. The van der Waals surface area contributed by atoms with Gasteiger partial charge in [0, 0.05) is 37.8 Å². The van der Waals surface area contributed by atoms with Crippen molar-refractivity contribution in [2.75, 3.05) is 29.8 Å². The van der Waals surface area contributed by atoms with E-state index in [0.717, 1.165) is 12.8 Å². The molecule has 3 N–H and O–H groups in total. The Morgan fingerprint density at radius 2 is 2.03 bits per heavy atom. The number of hydrogen-bond acceptors (Lipinski definition) is 8. The number of carbonyl (C=O) groups excluding carboxylic acids is 1. The van der Waals surface area contributed by atoms with Gasteiger partial charge in [0.25, 0.3) is 10.0 Å². The van der Waals surface area contributed by atoms with Crippen LogP contribution in [0.25, 0.3) is 11.0 Å². The molecule has 1 aliphatic heterocycles. The molecular weight excluding hydrogens is 460 g/mol. The number of sulfonamides is 1. The van der Waals surface area contributed by atoms with E-state index in [1.54, 1.807) is 7.11 Å².